The van der Waals surface area contributed by atoms with Crippen molar-refractivity contribution >= 4 is 10.0 Å². The normalized spacial score (nSPS) is 15.3. The summed E-state index contributed by atoms with van der Waals surface area (Å²) in [6, 6.07) is 13.2. The predicted molar refractivity (Wildman–Crippen MR) is 105 cm³/mol. The van der Waals surface area contributed by atoms with Crippen LogP contribution in [0.1, 0.15) is 41.2 Å². The summed E-state index contributed by atoms with van der Waals surface area (Å²) in [5, 5.41) is 9.06. The van der Waals surface area contributed by atoms with Gasteiger partial charge in [-0.1, -0.05) is 35.9 Å². The second-order valence-corrected chi connectivity index (χ2v) is 8.75. The summed E-state index contributed by atoms with van der Waals surface area (Å²) in [5.41, 5.74) is 4.39. The summed E-state index contributed by atoms with van der Waals surface area (Å²) in [7, 11) is -3.62. The number of nitrogens with one attached hydrogen (secondary N) is 1. The molecular weight excluding hydrogens is 362 g/mol. The molecule has 0 radical (unpaired) electrons. The van der Waals surface area contributed by atoms with Gasteiger partial charge in [-0.25, -0.2) is 13.1 Å². The molecule has 1 aliphatic rings. The fourth-order valence-electron chi connectivity index (χ4n) is 3.39. The average molecular weight is 390 g/mol. The maximum absolute atomic E-state index is 12.8. The van der Waals surface area contributed by atoms with Gasteiger partial charge in [0.1, 0.15) is 0 Å². The fraction of sp³-hybridized carbons (Fsp3) is 0.429. The Bertz CT molecular complexity index is 862. The van der Waals surface area contributed by atoms with Gasteiger partial charge in [0.05, 0.1) is 24.2 Å². The van der Waals surface area contributed by atoms with Crippen molar-refractivity contribution < 1.29 is 18.3 Å². The van der Waals surface area contributed by atoms with Crippen LogP contribution in [0.4, 0.5) is 0 Å². The molecule has 0 aromatic heterocycles. The summed E-state index contributed by atoms with van der Waals surface area (Å²) in [4.78, 5) is 0.299. The number of fused-ring (bicyclic) bond motifs is 1. The minimum absolute atomic E-state index is 0.111. The van der Waals surface area contributed by atoms with E-state index in [0.29, 0.717) is 4.90 Å². The maximum Gasteiger partial charge on any atom is 0.240 e. The smallest absolute Gasteiger partial charge is 0.240 e. The zero-order valence-electron chi connectivity index (χ0n) is 15.6. The number of aliphatic hydroxyl groups excluding tert-OH is 1. The highest BCUT2D eigenvalue weighted by Crippen LogP contribution is 2.24. The highest BCUT2D eigenvalue weighted by Gasteiger charge is 2.20. The minimum atomic E-state index is -3.62. The first-order chi connectivity index (χ1) is 13.0. The first-order valence-corrected chi connectivity index (χ1v) is 10.9. The van der Waals surface area contributed by atoms with E-state index in [1.165, 1.54) is 5.56 Å². The third kappa shape index (κ3) is 5.17. The van der Waals surface area contributed by atoms with Gasteiger partial charge in [-0.15, -0.1) is 0 Å². The molecule has 6 heteroatoms. The lowest BCUT2D eigenvalue weighted by molar-refractivity contribution is 0.0309. The molecule has 1 atom stereocenters. The number of hydrogen-bond donors (Lipinski definition) is 2. The van der Waals surface area contributed by atoms with Gasteiger partial charge in [0.2, 0.25) is 10.0 Å². The minimum Gasteiger partial charge on any atom is -0.394 e. The highest BCUT2D eigenvalue weighted by atomic mass is 32.2. The zero-order chi connectivity index (χ0) is 19.3. The molecule has 5 nitrogen and oxygen atoms in total. The van der Waals surface area contributed by atoms with Crippen LogP contribution in [0.5, 0.6) is 0 Å². The van der Waals surface area contributed by atoms with E-state index in [2.05, 4.69) is 4.72 Å². The summed E-state index contributed by atoms with van der Waals surface area (Å²) in [6.07, 6.45) is 3.77. The van der Waals surface area contributed by atoms with Crippen LogP contribution in [0.3, 0.4) is 0 Å². The molecule has 2 aromatic rings. The van der Waals surface area contributed by atoms with Gasteiger partial charge in [0.15, 0.2) is 0 Å². The van der Waals surface area contributed by atoms with E-state index in [4.69, 9.17) is 9.84 Å². The van der Waals surface area contributed by atoms with E-state index in [1.54, 1.807) is 12.1 Å². The Kier molecular flexibility index (Phi) is 6.65. The first kappa shape index (κ1) is 20.0. The lowest BCUT2D eigenvalue weighted by Gasteiger charge is -2.20. The quantitative estimate of drug-likeness (QED) is 0.728. The third-order valence-corrected chi connectivity index (χ3v) is 6.37. The maximum atomic E-state index is 12.8. The van der Waals surface area contributed by atoms with Crippen LogP contribution >= 0.6 is 0 Å². The zero-order valence-corrected chi connectivity index (χ0v) is 16.5. The highest BCUT2D eigenvalue weighted by molar-refractivity contribution is 7.89. The van der Waals surface area contributed by atoms with Gasteiger partial charge in [-0.3, -0.25) is 0 Å². The lowest BCUT2D eigenvalue weighted by Crippen LogP contribution is -2.30. The SMILES string of the molecule is Cc1ccc(C(CNS(=O)(=O)c2ccc3c(c2)CCCC3)OCCO)cc1. The Balaban J connectivity index is 1.74. The molecule has 0 fully saturated rings. The van der Waals surface area contributed by atoms with E-state index < -0.39 is 16.1 Å². The predicted octanol–water partition coefficient (Wildman–Crippen LogP) is 2.90. The van der Waals surface area contributed by atoms with Crippen molar-refractivity contribution in [3.63, 3.8) is 0 Å². The summed E-state index contributed by atoms with van der Waals surface area (Å²) in [6.45, 7) is 2.15. The molecule has 0 saturated heterocycles. The molecular formula is C21H27NO4S. The summed E-state index contributed by atoms with van der Waals surface area (Å²) >= 11 is 0. The van der Waals surface area contributed by atoms with Crippen LogP contribution in [-0.2, 0) is 27.6 Å². The van der Waals surface area contributed by atoms with Crippen molar-refractivity contribution in [2.24, 2.45) is 0 Å². The second-order valence-electron chi connectivity index (χ2n) is 6.98. The summed E-state index contributed by atoms with van der Waals surface area (Å²) in [5.74, 6) is 0. The lowest BCUT2D eigenvalue weighted by atomic mass is 9.92. The molecule has 146 valence electrons. The molecule has 0 saturated carbocycles. The molecule has 0 aliphatic heterocycles. The van der Waals surface area contributed by atoms with Crippen molar-refractivity contribution in [1.82, 2.24) is 4.72 Å². The Morgan fingerprint density at radius 3 is 2.48 bits per heavy atom. The van der Waals surface area contributed by atoms with Crippen molar-refractivity contribution in [1.29, 1.82) is 0 Å². The van der Waals surface area contributed by atoms with Crippen LogP contribution in [0.25, 0.3) is 0 Å². The Morgan fingerprint density at radius 2 is 1.78 bits per heavy atom. The Hall–Kier alpha value is -1.73. The molecule has 0 bridgehead atoms. The molecule has 0 amide bonds. The number of aliphatic hydroxyl groups is 1. The molecule has 27 heavy (non-hydrogen) atoms. The average Bonchev–Trinajstić information content (AvgIpc) is 2.68. The standard InChI is InChI=1S/C21H27NO4S/c1-16-6-8-18(9-7-16)21(26-13-12-23)15-22-27(24,25)20-11-10-17-4-2-3-5-19(17)14-20/h6-11,14,21-23H,2-5,12-13,15H2,1H3. The van der Waals surface area contributed by atoms with Gasteiger partial charge >= 0.3 is 0 Å². The number of benzene rings is 2. The molecule has 0 heterocycles. The van der Waals surface area contributed by atoms with Gasteiger partial charge in [-0.2, -0.15) is 0 Å². The second kappa shape index (κ2) is 8.97. The van der Waals surface area contributed by atoms with Crippen LogP contribution < -0.4 is 4.72 Å². The van der Waals surface area contributed by atoms with Crippen LogP contribution in [0.2, 0.25) is 0 Å². The fourth-order valence-corrected chi connectivity index (χ4v) is 4.48. The molecule has 1 unspecified atom stereocenters. The van der Waals surface area contributed by atoms with E-state index in [1.807, 2.05) is 37.3 Å². The van der Waals surface area contributed by atoms with Gasteiger partial charge in [-0.05, 0) is 61.4 Å². The molecule has 0 spiro atoms. The van der Waals surface area contributed by atoms with Gasteiger partial charge in [0.25, 0.3) is 0 Å². The van der Waals surface area contributed by atoms with Crippen LogP contribution in [-0.4, -0.2) is 33.3 Å². The van der Waals surface area contributed by atoms with Crippen molar-refractivity contribution in [2.45, 2.75) is 43.6 Å². The van der Waals surface area contributed by atoms with Crippen LogP contribution in [0, 0.1) is 6.92 Å². The van der Waals surface area contributed by atoms with Gasteiger partial charge in [0, 0.05) is 6.54 Å². The molecule has 1 aliphatic carbocycles. The van der Waals surface area contributed by atoms with Crippen molar-refractivity contribution in [3.8, 4) is 0 Å². The number of aryl methyl sites for hydroxylation is 3. The van der Waals surface area contributed by atoms with Gasteiger partial charge < -0.3 is 9.84 Å². The van der Waals surface area contributed by atoms with E-state index in [9.17, 15) is 8.42 Å². The number of ether oxygens (including phenoxy) is 1. The Labute approximate surface area is 161 Å². The Morgan fingerprint density at radius 1 is 1.07 bits per heavy atom. The monoisotopic (exact) mass is 389 g/mol. The third-order valence-electron chi connectivity index (χ3n) is 4.95. The number of hydrogen-bond acceptors (Lipinski definition) is 4. The van der Waals surface area contributed by atoms with Crippen molar-refractivity contribution in [3.05, 3.63) is 64.7 Å². The van der Waals surface area contributed by atoms with E-state index in [-0.39, 0.29) is 19.8 Å². The van der Waals surface area contributed by atoms with E-state index in [0.717, 1.165) is 42.4 Å². The van der Waals surface area contributed by atoms with E-state index >= 15 is 0 Å². The molecule has 2 N–H and O–H groups in total. The molecule has 2 aromatic carbocycles. The van der Waals surface area contributed by atoms with Crippen molar-refractivity contribution in [2.75, 3.05) is 19.8 Å². The first-order valence-electron chi connectivity index (χ1n) is 9.40. The largest absolute Gasteiger partial charge is 0.394 e. The summed E-state index contributed by atoms with van der Waals surface area (Å²) < 4.78 is 33.9. The topological polar surface area (TPSA) is 75.6 Å². The van der Waals surface area contributed by atoms with Crippen LogP contribution in [0.15, 0.2) is 47.4 Å². The molecule has 3 rings (SSSR count). The number of rotatable bonds is 8. The number of sulfonamides is 1.